The SMILES string of the molecule is CCc1cnc(-c2cccc(Br)c2)s1. The van der Waals surface area contributed by atoms with Crippen LogP contribution in [0.15, 0.2) is 34.9 Å². The second kappa shape index (κ2) is 4.24. The Morgan fingerprint density at radius 3 is 2.93 bits per heavy atom. The summed E-state index contributed by atoms with van der Waals surface area (Å²) in [4.78, 5) is 5.73. The zero-order valence-corrected chi connectivity index (χ0v) is 10.2. The first-order valence-corrected chi connectivity index (χ1v) is 6.11. The van der Waals surface area contributed by atoms with Crippen molar-refractivity contribution in [3.63, 3.8) is 0 Å². The Balaban J connectivity index is 2.39. The van der Waals surface area contributed by atoms with Crippen molar-refractivity contribution in [3.05, 3.63) is 39.8 Å². The van der Waals surface area contributed by atoms with Crippen LogP contribution in [0.25, 0.3) is 10.6 Å². The maximum absolute atomic E-state index is 4.40. The average Bonchev–Trinajstić information content (AvgIpc) is 2.66. The Hall–Kier alpha value is -0.670. The molecule has 14 heavy (non-hydrogen) atoms. The summed E-state index contributed by atoms with van der Waals surface area (Å²) in [5.74, 6) is 0. The van der Waals surface area contributed by atoms with Crippen LogP contribution < -0.4 is 0 Å². The molecule has 0 spiro atoms. The fourth-order valence-electron chi connectivity index (χ4n) is 1.23. The van der Waals surface area contributed by atoms with E-state index in [4.69, 9.17) is 0 Å². The van der Waals surface area contributed by atoms with Gasteiger partial charge in [-0.1, -0.05) is 35.0 Å². The number of thiazole rings is 1. The molecular weight excluding hydrogens is 258 g/mol. The number of hydrogen-bond donors (Lipinski definition) is 0. The Kier molecular flexibility index (Phi) is 2.99. The van der Waals surface area contributed by atoms with Gasteiger partial charge < -0.3 is 0 Å². The molecule has 0 aliphatic heterocycles. The van der Waals surface area contributed by atoms with E-state index in [0.717, 1.165) is 15.9 Å². The fraction of sp³-hybridized carbons (Fsp3) is 0.182. The number of nitrogens with zero attached hydrogens (tertiary/aromatic N) is 1. The van der Waals surface area contributed by atoms with Crippen molar-refractivity contribution in [2.24, 2.45) is 0 Å². The lowest BCUT2D eigenvalue weighted by molar-refractivity contribution is 1.17. The molecule has 0 aliphatic rings. The van der Waals surface area contributed by atoms with Crippen molar-refractivity contribution in [3.8, 4) is 10.6 Å². The molecular formula is C11H10BrNS. The van der Waals surface area contributed by atoms with Crippen molar-refractivity contribution < 1.29 is 0 Å². The first kappa shape index (κ1) is 9.87. The van der Waals surface area contributed by atoms with Crippen molar-refractivity contribution in [1.82, 2.24) is 4.98 Å². The van der Waals surface area contributed by atoms with Crippen molar-refractivity contribution in [2.75, 3.05) is 0 Å². The molecule has 0 bridgehead atoms. The average molecular weight is 268 g/mol. The largest absolute Gasteiger partial charge is 0.244 e. The minimum absolute atomic E-state index is 1.06. The molecule has 1 aromatic heterocycles. The molecule has 2 aromatic rings. The summed E-state index contributed by atoms with van der Waals surface area (Å²) in [5.41, 5.74) is 1.18. The second-order valence-corrected chi connectivity index (χ2v) is 5.03. The first-order valence-electron chi connectivity index (χ1n) is 4.50. The molecule has 0 saturated heterocycles. The van der Waals surface area contributed by atoms with E-state index in [1.54, 1.807) is 11.3 Å². The van der Waals surface area contributed by atoms with Crippen LogP contribution in [-0.4, -0.2) is 4.98 Å². The fourth-order valence-corrected chi connectivity index (χ4v) is 2.47. The number of aromatic nitrogens is 1. The van der Waals surface area contributed by atoms with Crippen molar-refractivity contribution in [1.29, 1.82) is 0 Å². The third kappa shape index (κ3) is 2.04. The van der Waals surface area contributed by atoms with Crippen LogP contribution in [0.1, 0.15) is 11.8 Å². The highest BCUT2D eigenvalue weighted by Gasteiger charge is 2.03. The smallest absolute Gasteiger partial charge is 0.123 e. The number of hydrogen-bond acceptors (Lipinski definition) is 2. The Labute approximate surface area is 95.9 Å². The van der Waals surface area contributed by atoms with E-state index in [1.165, 1.54) is 10.4 Å². The van der Waals surface area contributed by atoms with Gasteiger partial charge in [0.1, 0.15) is 5.01 Å². The summed E-state index contributed by atoms with van der Waals surface area (Å²) < 4.78 is 1.10. The van der Waals surface area contributed by atoms with Crippen LogP contribution in [0.3, 0.4) is 0 Å². The van der Waals surface area contributed by atoms with Gasteiger partial charge in [-0.2, -0.15) is 0 Å². The molecule has 1 aromatic carbocycles. The summed E-state index contributed by atoms with van der Waals surface area (Å²) in [6.07, 6.45) is 3.02. The van der Waals surface area contributed by atoms with Crippen LogP contribution >= 0.6 is 27.3 Å². The molecule has 3 heteroatoms. The zero-order valence-electron chi connectivity index (χ0n) is 7.83. The summed E-state index contributed by atoms with van der Waals surface area (Å²) in [5, 5.41) is 1.10. The van der Waals surface area contributed by atoms with Gasteiger partial charge in [-0.3, -0.25) is 0 Å². The molecule has 0 atom stereocenters. The highest BCUT2D eigenvalue weighted by Crippen LogP contribution is 2.27. The lowest BCUT2D eigenvalue weighted by Crippen LogP contribution is -1.73. The highest BCUT2D eigenvalue weighted by molar-refractivity contribution is 9.10. The lowest BCUT2D eigenvalue weighted by Gasteiger charge is -1.95. The molecule has 0 fully saturated rings. The molecule has 1 nitrogen and oxygen atoms in total. The third-order valence-corrected chi connectivity index (χ3v) is 3.66. The van der Waals surface area contributed by atoms with E-state index in [0.29, 0.717) is 0 Å². The normalized spacial score (nSPS) is 10.4. The van der Waals surface area contributed by atoms with Crippen molar-refractivity contribution in [2.45, 2.75) is 13.3 Å². The van der Waals surface area contributed by atoms with Gasteiger partial charge in [-0.05, 0) is 18.6 Å². The Morgan fingerprint density at radius 2 is 2.29 bits per heavy atom. The lowest BCUT2D eigenvalue weighted by atomic mass is 10.2. The first-order chi connectivity index (χ1) is 6.79. The highest BCUT2D eigenvalue weighted by atomic mass is 79.9. The van der Waals surface area contributed by atoms with E-state index in [-0.39, 0.29) is 0 Å². The quantitative estimate of drug-likeness (QED) is 0.797. The van der Waals surface area contributed by atoms with Crippen LogP contribution in [0.4, 0.5) is 0 Å². The van der Waals surface area contributed by atoms with E-state index in [1.807, 2.05) is 18.3 Å². The van der Waals surface area contributed by atoms with Gasteiger partial charge in [0.15, 0.2) is 0 Å². The van der Waals surface area contributed by atoms with Gasteiger partial charge in [0.05, 0.1) is 0 Å². The van der Waals surface area contributed by atoms with Gasteiger partial charge in [-0.25, -0.2) is 4.98 Å². The van der Waals surface area contributed by atoms with Gasteiger partial charge in [-0.15, -0.1) is 11.3 Å². The molecule has 0 N–H and O–H groups in total. The molecule has 0 saturated carbocycles. The Morgan fingerprint density at radius 1 is 1.43 bits per heavy atom. The van der Waals surface area contributed by atoms with E-state index < -0.39 is 0 Å². The monoisotopic (exact) mass is 267 g/mol. The van der Waals surface area contributed by atoms with Crippen LogP contribution in [0.5, 0.6) is 0 Å². The maximum Gasteiger partial charge on any atom is 0.123 e. The Bertz CT molecular complexity index is 436. The van der Waals surface area contributed by atoms with Crippen LogP contribution in [0.2, 0.25) is 0 Å². The summed E-state index contributed by atoms with van der Waals surface area (Å²) >= 11 is 5.22. The summed E-state index contributed by atoms with van der Waals surface area (Å²) in [7, 11) is 0. The number of aryl methyl sites for hydroxylation is 1. The molecule has 72 valence electrons. The molecule has 0 radical (unpaired) electrons. The van der Waals surface area contributed by atoms with Crippen LogP contribution in [-0.2, 0) is 6.42 Å². The second-order valence-electron chi connectivity index (χ2n) is 3.00. The maximum atomic E-state index is 4.40. The predicted octanol–water partition coefficient (Wildman–Crippen LogP) is 4.14. The zero-order chi connectivity index (χ0) is 9.97. The molecule has 0 aliphatic carbocycles. The van der Waals surface area contributed by atoms with E-state index in [2.05, 4.69) is 40.0 Å². The standard InChI is InChI=1S/C11H10BrNS/c1-2-10-7-13-11(14-10)8-4-3-5-9(12)6-8/h3-7H,2H2,1H3. The minimum atomic E-state index is 1.06. The molecule has 0 unspecified atom stereocenters. The molecule has 1 heterocycles. The van der Waals surface area contributed by atoms with E-state index in [9.17, 15) is 0 Å². The molecule has 0 amide bonds. The third-order valence-electron chi connectivity index (χ3n) is 1.97. The van der Waals surface area contributed by atoms with Crippen LogP contribution in [0, 0.1) is 0 Å². The van der Waals surface area contributed by atoms with Gasteiger partial charge in [0.25, 0.3) is 0 Å². The summed E-state index contributed by atoms with van der Waals surface area (Å²) in [6, 6.07) is 8.24. The van der Waals surface area contributed by atoms with Gasteiger partial charge >= 0.3 is 0 Å². The van der Waals surface area contributed by atoms with E-state index >= 15 is 0 Å². The topological polar surface area (TPSA) is 12.9 Å². The van der Waals surface area contributed by atoms with Crippen molar-refractivity contribution >= 4 is 27.3 Å². The minimum Gasteiger partial charge on any atom is -0.244 e. The number of halogens is 1. The van der Waals surface area contributed by atoms with Gasteiger partial charge in [0.2, 0.25) is 0 Å². The summed E-state index contributed by atoms with van der Waals surface area (Å²) in [6.45, 7) is 2.15. The van der Waals surface area contributed by atoms with Gasteiger partial charge in [0, 0.05) is 21.1 Å². The number of benzene rings is 1. The molecule has 2 rings (SSSR count). The predicted molar refractivity (Wildman–Crippen MR) is 64.6 cm³/mol. The number of rotatable bonds is 2.